The van der Waals surface area contributed by atoms with Crippen LogP contribution in [0.1, 0.15) is 21.5 Å². The molecule has 4 rings (SSSR count). The monoisotopic (exact) mass is 448 g/mol. The lowest BCUT2D eigenvalue weighted by Gasteiger charge is -2.08. The maximum Gasteiger partial charge on any atom is 0.266 e. The Morgan fingerprint density at radius 3 is 2.79 bits per heavy atom. The Balaban J connectivity index is 1.41. The first-order valence-electron chi connectivity index (χ1n) is 9.86. The summed E-state index contributed by atoms with van der Waals surface area (Å²) in [5.74, 6) is -2.39. The zero-order valence-electron chi connectivity index (χ0n) is 17.2. The summed E-state index contributed by atoms with van der Waals surface area (Å²) in [5, 5.41) is 3.46. The maximum absolute atomic E-state index is 13.4. The Kier molecular flexibility index (Phi) is 6.16. The van der Waals surface area contributed by atoms with Gasteiger partial charge in [0.1, 0.15) is 5.56 Å². The third kappa shape index (κ3) is 5.06. The van der Waals surface area contributed by atoms with E-state index in [1.807, 2.05) is 18.2 Å². The van der Waals surface area contributed by atoms with Crippen LogP contribution in [-0.4, -0.2) is 32.0 Å². The third-order valence-electron chi connectivity index (χ3n) is 4.80. The highest BCUT2D eigenvalue weighted by Gasteiger charge is 2.13. The molecule has 3 N–H and O–H groups in total. The number of carbonyl (C=O) groups excluding carboxylic acids is 1. The third-order valence-corrected chi connectivity index (χ3v) is 4.80. The number of benzene rings is 2. The molecular weight excluding hydrogens is 430 g/mol. The van der Waals surface area contributed by atoms with Crippen molar-refractivity contribution in [3.05, 3.63) is 99.9 Å². The van der Waals surface area contributed by atoms with Crippen molar-refractivity contribution in [1.29, 1.82) is 0 Å². The number of nitrogens with two attached hydrogens (primary N) is 1. The summed E-state index contributed by atoms with van der Waals surface area (Å²) in [5.41, 5.74) is 6.79. The van der Waals surface area contributed by atoms with Gasteiger partial charge in [0.05, 0.1) is 18.4 Å². The molecular formula is C23H18F2N6O2. The van der Waals surface area contributed by atoms with Gasteiger partial charge in [-0.3, -0.25) is 14.2 Å². The van der Waals surface area contributed by atoms with Crippen LogP contribution in [0.5, 0.6) is 0 Å². The number of fused-ring (bicyclic) bond motifs is 1. The van der Waals surface area contributed by atoms with E-state index in [-0.39, 0.29) is 24.6 Å². The highest BCUT2D eigenvalue weighted by molar-refractivity contribution is 5.93. The number of nitrogens with one attached hydrogen (secondary N) is 1. The molecule has 0 radical (unpaired) electrons. The average molecular weight is 448 g/mol. The highest BCUT2D eigenvalue weighted by atomic mass is 19.2. The summed E-state index contributed by atoms with van der Waals surface area (Å²) in [7, 11) is 0. The summed E-state index contributed by atoms with van der Waals surface area (Å²) in [6, 6.07) is 8.88. The fourth-order valence-electron chi connectivity index (χ4n) is 3.17. The number of hydrogen-bond donors (Lipinski definition) is 2. The van der Waals surface area contributed by atoms with Gasteiger partial charge in [-0.1, -0.05) is 24.3 Å². The minimum absolute atomic E-state index is 0.0542. The van der Waals surface area contributed by atoms with Crippen LogP contribution in [-0.2, 0) is 6.54 Å². The molecule has 0 aliphatic rings. The molecule has 0 fully saturated rings. The zero-order valence-corrected chi connectivity index (χ0v) is 17.2. The molecule has 166 valence electrons. The first-order chi connectivity index (χ1) is 15.9. The van der Waals surface area contributed by atoms with Gasteiger partial charge in [0.15, 0.2) is 11.6 Å². The van der Waals surface area contributed by atoms with Crippen LogP contribution in [0.15, 0.2) is 66.0 Å². The van der Waals surface area contributed by atoms with Crippen LogP contribution in [0.3, 0.4) is 0 Å². The first kappa shape index (κ1) is 21.8. The number of amides is 1. The topological polar surface area (TPSA) is 116 Å². The molecule has 0 bridgehead atoms. The quantitative estimate of drug-likeness (QED) is 0.468. The van der Waals surface area contributed by atoms with E-state index in [4.69, 9.17) is 5.73 Å². The predicted octanol–water partition coefficient (Wildman–Crippen LogP) is 2.54. The van der Waals surface area contributed by atoms with Crippen molar-refractivity contribution in [3.8, 4) is 0 Å². The molecule has 4 aromatic rings. The lowest BCUT2D eigenvalue weighted by atomic mass is 10.1. The SMILES string of the molecule is Nc1ncc2cc(/C=C/CNC(=O)c3cncn(Cc4ccc(F)c(F)c4)c3=O)ccc2n1. The lowest BCUT2D eigenvalue weighted by Crippen LogP contribution is -2.33. The second-order valence-electron chi connectivity index (χ2n) is 7.15. The van der Waals surface area contributed by atoms with Crippen molar-refractivity contribution in [2.45, 2.75) is 6.54 Å². The number of aromatic nitrogens is 4. The van der Waals surface area contributed by atoms with Crippen LogP contribution in [0.4, 0.5) is 14.7 Å². The Hall–Kier alpha value is -4.47. The summed E-state index contributed by atoms with van der Waals surface area (Å²) < 4.78 is 27.7. The largest absolute Gasteiger partial charge is 0.368 e. The smallest absolute Gasteiger partial charge is 0.266 e. The minimum Gasteiger partial charge on any atom is -0.368 e. The molecule has 2 heterocycles. The molecule has 0 aliphatic heterocycles. The maximum atomic E-state index is 13.4. The minimum atomic E-state index is -1.02. The van der Waals surface area contributed by atoms with Gasteiger partial charge in [0.2, 0.25) is 5.95 Å². The number of hydrogen-bond acceptors (Lipinski definition) is 6. The van der Waals surface area contributed by atoms with E-state index in [2.05, 4.69) is 20.3 Å². The van der Waals surface area contributed by atoms with Crippen LogP contribution < -0.4 is 16.6 Å². The molecule has 33 heavy (non-hydrogen) atoms. The van der Waals surface area contributed by atoms with E-state index in [9.17, 15) is 18.4 Å². The van der Waals surface area contributed by atoms with Gasteiger partial charge in [-0.15, -0.1) is 0 Å². The van der Waals surface area contributed by atoms with Crippen molar-refractivity contribution in [1.82, 2.24) is 24.8 Å². The Labute approximate surface area is 186 Å². The number of carbonyl (C=O) groups is 1. The van der Waals surface area contributed by atoms with E-state index in [0.717, 1.165) is 39.4 Å². The molecule has 0 spiro atoms. The van der Waals surface area contributed by atoms with E-state index >= 15 is 0 Å². The number of nitrogen functional groups attached to an aromatic ring is 1. The van der Waals surface area contributed by atoms with Gasteiger partial charge in [0, 0.05) is 24.3 Å². The Bertz CT molecular complexity index is 1430. The number of rotatable bonds is 6. The van der Waals surface area contributed by atoms with E-state index < -0.39 is 23.1 Å². The van der Waals surface area contributed by atoms with Crippen molar-refractivity contribution in [2.24, 2.45) is 0 Å². The van der Waals surface area contributed by atoms with Gasteiger partial charge in [-0.25, -0.2) is 23.7 Å². The molecule has 0 saturated heterocycles. The fraction of sp³-hybridized carbons (Fsp3) is 0.0870. The van der Waals surface area contributed by atoms with Crippen molar-refractivity contribution in [2.75, 3.05) is 12.3 Å². The van der Waals surface area contributed by atoms with Gasteiger partial charge >= 0.3 is 0 Å². The normalized spacial score (nSPS) is 11.2. The van der Waals surface area contributed by atoms with Gasteiger partial charge in [-0.05, 0) is 35.4 Å². The van der Waals surface area contributed by atoms with E-state index in [0.29, 0.717) is 5.56 Å². The van der Waals surface area contributed by atoms with Crippen molar-refractivity contribution >= 4 is 28.8 Å². The first-order valence-corrected chi connectivity index (χ1v) is 9.86. The second-order valence-corrected chi connectivity index (χ2v) is 7.15. The lowest BCUT2D eigenvalue weighted by molar-refractivity contribution is 0.0955. The molecule has 10 heteroatoms. The van der Waals surface area contributed by atoms with Gasteiger partial charge in [0.25, 0.3) is 11.5 Å². The second kappa shape index (κ2) is 9.35. The van der Waals surface area contributed by atoms with Crippen molar-refractivity contribution in [3.63, 3.8) is 0 Å². The Morgan fingerprint density at radius 1 is 1.12 bits per heavy atom. The average Bonchev–Trinajstić information content (AvgIpc) is 2.80. The zero-order chi connectivity index (χ0) is 23.4. The van der Waals surface area contributed by atoms with Gasteiger partial charge < -0.3 is 11.1 Å². The molecule has 0 unspecified atom stereocenters. The summed E-state index contributed by atoms with van der Waals surface area (Å²) in [6.07, 6.45) is 7.56. The van der Waals surface area contributed by atoms with E-state index in [1.54, 1.807) is 18.3 Å². The molecule has 0 aliphatic carbocycles. The number of anilines is 1. The molecule has 8 nitrogen and oxygen atoms in total. The highest BCUT2D eigenvalue weighted by Crippen LogP contribution is 2.15. The molecule has 2 aromatic heterocycles. The molecule has 0 saturated carbocycles. The summed E-state index contributed by atoms with van der Waals surface area (Å²) >= 11 is 0. The molecule has 2 aromatic carbocycles. The van der Waals surface area contributed by atoms with Crippen molar-refractivity contribution < 1.29 is 13.6 Å². The van der Waals surface area contributed by atoms with Crippen LogP contribution in [0, 0.1) is 11.6 Å². The van der Waals surface area contributed by atoms with E-state index in [1.165, 1.54) is 12.4 Å². The standard InChI is InChI=1S/C23H18F2N6O2/c24-18-5-3-15(9-19(18)25)12-31-13-27-11-17(22(31)33)21(32)28-7-1-2-14-4-6-20-16(8-14)10-29-23(26)30-20/h1-6,8-11,13H,7,12H2,(H,28,32)(H2,26,29,30)/b2-1+. The molecule has 0 atom stereocenters. The van der Waals surface area contributed by atoms with Gasteiger partial charge in [-0.2, -0.15) is 0 Å². The Morgan fingerprint density at radius 2 is 1.97 bits per heavy atom. The summed E-state index contributed by atoms with van der Waals surface area (Å²) in [4.78, 5) is 37.1. The van der Waals surface area contributed by atoms with Crippen LogP contribution in [0.25, 0.3) is 17.0 Å². The summed E-state index contributed by atoms with van der Waals surface area (Å²) in [6.45, 7) is 0.119. The fourth-order valence-corrected chi connectivity index (χ4v) is 3.17. The molecule has 1 amide bonds. The number of nitrogens with zero attached hydrogens (tertiary/aromatic N) is 4. The predicted molar refractivity (Wildman–Crippen MR) is 119 cm³/mol. The van der Waals surface area contributed by atoms with Crippen LogP contribution >= 0.6 is 0 Å². The number of halogens is 2. The van der Waals surface area contributed by atoms with Crippen LogP contribution in [0.2, 0.25) is 0 Å².